The van der Waals surface area contributed by atoms with Gasteiger partial charge in [-0.3, -0.25) is 9.79 Å². The minimum Gasteiger partial charge on any atom is -0.370 e. The molecule has 0 aromatic heterocycles. The van der Waals surface area contributed by atoms with Gasteiger partial charge in [0.25, 0.3) is 0 Å². The fourth-order valence-electron chi connectivity index (χ4n) is 4.35. The fourth-order valence-corrected chi connectivity index (χ4v) is 4.35. The summed E-state index contributed by atoms with van der Waals surface area (Å²) in [6.45, 7) is 6.72. The predicted molar refractivity (Wildman–Crippen MR) is 123 cm³/mol. The maximum Gasteiger partial charge on any atom is 0.222 e. The van der Waals surface area contributed by atoms with Crippen LogP contribution in [0, 0.1) is 6.92 Å². The van der Waals surface area contributed by atoms with Gasteiger partial charge in [-0.25, -0.2) is 0 Å². The van der Waals surface area contributed by atoms with E-state index in [1.807, 2.05) is 11.9 Å². The van der Waals surface area contributed by atoms with Crippen LogP contribution < -0.4 is 5.32 Å². The summed E-state index contributed by atoms with van der Waals surface area (Å²) in [7, 11) is 1.83. The highest BCUT2D eigenvalue weighted by atomic mass is 16.5. The largest absolute Gasteiger partial charge is 0.370 e. The lowest BCUT2D eigenvalue weighted by atomic mass is 10.0. The molecule has 0 radical (unpaired) electrons. The molecule has 6 nitrogen and oxygen atoms in total. The number of morpholine rings is 1. The molecule has 0 aliphatic carbocycles. The first-order valence-electron chi connectivity index (χ1n) is 11.1. The molecule has 1 N–H and O–H groups in total. The molecule has 0 saturated carbocycles. The molecule has 1 unspecified atom stereocenters. The number of benzene rings is 2. The minimum absolute atomic E-state index is 0.0566. The number of nitrogens with one attached hydrogen (secondary N) is 1. The van der Waals surface area contributed by atoms with Crippen molar-refractivity contribution in [3.05, 3.63) is 70.8 Å². The second-order valence-electron chi connectivity index (χ2n) is 8.30. The van der Waals surface area contributed by atoms with Gasteiger partial charge < -0.3 is 19.9 Å². The van der Waals surface area contributed by atoms with E-state index in [-0.39, 0.29) is 12.0 Å². The molecule has 2 aromatic carbocycles. The van der Waals surface area contributed by atoms with E-state index >= 15 is 0 Å². The SMILES string of the molecule is CN=C(NCc1ccc(CN2CCCC2=O)cc1)N1CCOC(c2ccccc2C)C1. The number of guanidine groups is 1. The van der Waals surface area contributed by atoms with Crippen LogP contribution in [0.4, 0.5) is 0 Å². The number of aliphatic imine (C=N–C) groups is 1. The van der Waals surface area contributed by atoms with Crippen molar-refractivity contribution >= 4 is 11.9 Å². The Morgan fingerprint density at radius 1 is 1.13 bits per heavy atom. The normalized spacial score (nSPS) is 19.7. The third-order valence-electron chi connectivity index (χ3n) is 6.13. The van der Waals surface area contributed by atoms with E-state index in [1.54, 1.807) is 0 Å². The van der Waals surface area contributed by atoms with Gasteiger partial charge in [-0.15, -0.1) is 0 Å². The Bertz CT molecular complexity index is 925. The van der Waals surface area contributed by atoms with Crippen LogP contribution in [0.25, 0.3) is 0 Å². The van der Waals surface area contributed by atoms with Crippen LogP contribution in [0.2, 0.25) is 0 Å². The molecule has 0 bridgehead atoms. The van der Waals surface area contributed by atoms with Crippen LogP contribution in [-0.2, 0) is 22.6 Å². The molecular weight excluding hydrogens is 388 g/mol. The zero-order valence-electron chi connectivity index (χ0n) is 18.5. The van der Waals surface area contributed by atoms with E-state index < -0.39 is 0 Å². The zero-order chi connectivity index (χ0) is 21.6. The second-order valence-corrected chi connectivity index (χ2v) is 8.30. The van der Waals surface area contributed by atoms with E-state index in [4.69, 9.17) is 4.74 Å². The lowest BCUT2D eigenvalue weighted by Gasteiger charge is -2.35. The Kier molecular flexibility index (Phi) is 6.87. The number of amides is 1. The Morgan fingerprint density at radius 2 is 1.90 bits per heavy atom. The topological polar surface area (TPSA) is 57.2 Å². The highest BCUT2D eigenvalue weighted by molar-refractivity contribution is 5.80. The van der Waals surface area contributed by atoms with Crippen molar-refractivity contribution in [3.8, 4) is 0 Å². The first kappa shape index (κ1) is 21.4. The molecule has 6 heteroatoms. The summed E-state index contributed by atoms with van der Waals surface area (Å²) >= 11 is 0. The number of carbonyl (C=O) groups is 1. The molecule has 2 aromatic rings. The molecule has 0 spiro atoms. The van der Waals surface area contributed by atoms with E-state index in [0.717, 1.165) is 32.0 Å². The summed E-state index contributed by atoms with van der Waals surface area (Å²) in [5, 5.41) is 3.50. The van der Waals surface area contributed by atoms with Gasteiger partial charge in [0, 0.05) is 39.6 Å². The van der Waals surface area contributed by atoms with E-state index in [1.165, 1.54) is 22.3 Å². The van der Waals surface area contributed by atoms with Crippen molar-refractivity contribution < 1.29 is 9.53 Å². The Labute approximate surface area is 184 Å². The zero-order valence-corrected chi connectivity index (χ0v) is 18.5. The summed E-state index contributed by atoms with van der Waals surface area (Å²) < 4.78 is 6.06. The van der Waals surface area contributed by atoms with Crippen LogP contribution in [-0.4, -0.2) is 55.0 Å². The lowest BCUT2D eigenvalue weighted by Crippen LogP contribution is -2.48. The number of aryl methyl sites for hydroxylation is 1. The molecule has 1 amide bonds. The van der Waals surface area contributed by atoms with Gasteiger partial charge in [-0.1, -0.05) is 48.5 Å². The predicted octanol–water partition coefficient (Wildman–Crippen LogP) is 3.27. The number of likely N-dealkylation sites (tertiary alicyclic amines) is 1. The molecule has 2 saturated heterocycles. The van der Waals surface area contributed by atoms with Crippen molar-refractivity contribution in [3.63, 3.8) is 0 Å². The van der Waals surface area contributed by atoms with Crippen LogP contribution in [0.3, 0.4) is 0 Å². The molecule has 164 valence electrons. The summed E-state index contributed by atoms with van der Waals surface area (Å²) in [4.78, 5) is 20.5. The van der Waals surface area contributed by atoms with E-state index in [0.29, 0.717) is 26.1 Å². The standard InChI is InChI=1S/C25H32N4O2/c1-19-6-3-4-7-22(19)23-18-29(14-15-31-23)25(26-2)27-16-20-9-11-21(12-10-20)17-28-13-5-8-24(28)30/h3-4,6-7,9-12,23H,5,8,13-18H2,1-2H3,(H,26,27). The first-order chi connectivity index (χ1) is 15.1. The molecule has 4 rings (SSSR count). The lowest BCUT2D eigenvalue weighted by molar-refractivity contribution is -0.128. The van der Waals surface area contributed by atoms with Gasteiger partial charge in [0.1, 0.15) is 6.10 Å². The van der Waals surface area contributed by atoms with Crippen LogP contribution in [0.1, 0.15) is 41.2 Å². The molecule has 2 aliphatic rings. The average molecular weight is 421 g/mol. The minimum atomic E-state index is 0.0566. The van der Waals surface area contributed by atoms with Gasteiger partial charge in [-0.2, -0.15) is 0 Å². The monoisotopic (exact) mass is 420 g/mol. The quantitative estimate of drug-likeness (QED) is 0.596. The average Bonchev–Trinajstić information content (AvgIpc) is 3.20. The van der Waals surface area contributed by atoms with Crippen molar-refractivity contribution in [2.45, 2.75) is 39.0 Å². The molecule has 2 heterocycles. The Hall–Kier alpha value is -2.86. The maximum absolute atomic E-state index is 11.8. The fraction of sp³-hybridized carbons (Fsp3) is 0.440. The second kappa shape index (κ2) is 9.96. The van der Waals surface area contributed by atoms with Gasteiger partial charge in [0.05, 0.1) is 13.2 Å². The highest BCUT2D eigenvalue weighted by Gasteiger charge is 2.25. The van der Waals surface area contributed by atoms with Crippen molar-refractivity contribution in [1.82, 2.24) is 15.1 Å². The molecular formula is C25H32N4O2. The summed E-state index contributed by atoms with van der Waals surface area (Å²) in [6, 6.07) is 16.9. The Morgan fingerprint density at radius 3 is 2.61 bits per heavy atom. The number of nitrogens with zero attached hydrogens (tertiary/aromatic N) is 3. The third-order valence-corrected chi connectivity index (χ3v) is 6.13. The van der Waals surface area contributed by atoms with E-state index in [9.17, 15) is 4.79 Å². The summed E-state index contributed by atoms with van der Waals surface area (Å²) in [5.74, 6) is 1.16. The maximum atomic E-state index is 11.8. The van der Waals surface area contributed by atoms with Crippen molar-refractivity contribution in [2.75, 3.05) is 33.3 Å². The molecule has 2 aliphatic heterocycles. The summed E-state index contributed by atoms with van der Waals surface area (Å²) in [5.41, 5.74) is 4.88. The van der Waals surface area contributed by atoms with Gasteiger partial charge in [0.15, 0.2) is 5.96 Å². The summed E-state index contributed by atoms with van der Waals surface area (Å²) in [6.07, 6.45) is 1.72. The molecule has 1 atom stereocenters. The number of ether oxygens (including phenoxy) is 1. The van der Waals surface area contributed by atoms with Crippen LogP contribution in [0.15, 0.2) is 53.5 Å². The molecule has 31 heavy (non-hydrogen) atoms. The molecule has 2 fully saturated rings. The number of rotatable bonds is 5. The number of hydrogen-bond acceptors (Lipinski definition) is 3. The number of carbonyl (C=O) groups excluding carboxylic acids is 1. The van der Waals surface area contributed by atoms with Gasteiger partial charge >= 0.3 is 0 Å². The smallest absolute Gasteiger partial charge is 0.222 e. The van der Waals surface area contributed by atoms with Crippen LogP contribution >= 0.6 is 0 Å². The van der Waals surface area contributed by atoms with Gasteiger partial charge in [-0.05, 0) is 35.6 Å². The van der Waals surface area contributed by atoms with Gasteiger partial charge in [0.2, 0.25) is 5.91 Å². The highest BCUT2D eigenvalue weighted by Crippen LogP contribution is 2.25. The van der Waals surface area contributed by atoms with Crippen molar-refractivity contribution in [2.24, 2.45) is 4.99 Å². The Balaban J connectivity index is 1.33. The third kappa shape index (κ3) is 5.25. The van der Waals surface area contributed by atoms with Crippen molar-refractivity contribution in [1.29, 1.82) is 0 Å². The first-order valence-corrected chi connectivity index (χ1v) is 11.1. The van der Waals surface area contributed by atoms with E-state index in [2.05, 4.69) is 70.7 Å². The van der Waals surface area contributed by atoms with Crippen LogP contribution in [0.5, 0.6) is 0 Å². The number of hydrogen-bond donors (Lipinski definition) is 1.